The van der Waals surface area contributed by atoms with Crippen molar-refractivity contribution in [1.29, 1.82) is 0 Å². The number of aliphatic hydroxyl groups excluding tert-OH is 2. The molecule has 0 saturated carbocycles. The van der Waals surface area contributed by atoms with E-state index in [0.717, 1.165) is 11.8 Å². The van der Waals surface area contributed by atoms with Crippen LogP contribution in [-0.2, 0) is 4.79 Å². The van der Waals surface area contributed by atoms with Gasteiger partial charge in [-0.25, -0.2) is 0 Å². The fraction of sp³-hybridized carbons (Fsp3) is 0.467. The second kappa shape index (κ2) is 8.77. The Morgan fingerprint density at radius 3 is 2.50 bits per heavy atom. The molecule has 0 spiro atoms. The van der Waals surface area contributed by atoms with Crippen molar-refractivity contribution in [2.45, 2.75) is 25.6 Å². The first-order valence-corrected chi connectivity index (χ1v) is 7.63. The maximum atomic E-state index is 11.0. The number of aliphatic hydroxyl groups is 2. The number of ether oxygens (including phenoxy) is 2. The summed E-state index contributed by atoms with van der Waals surface area (Å²) in [5.41, 5.74) is 0.571. The van der Waals surface area contributed by atoms with Crippen molar-refractivity contribution in [3.8, 4) is 11.5 Å². The zero-order valence-electron chi connectivity index (χ0n) is 12.7. The molecule has 6 nitrogen and oxygen atoms in total. The van der Waals surface area contributed by atoms with E-state index < -0.39 is 12.2 Å². The Morgan fingerprint density at radius 1 is 1.32 bits per heavy atom. The lowest BCUT2D eigenvalue weighted by atomic mass is 9.99. The number of hydrogen-bond acceptors (Lipinski definition) is 7. The molecule has 122 valence electrons. The maximum absolute atomic E-state index is 11.0. The smallest absolute Gasteiger partial charge is 0.185 e. The van der Waals surface area contributed by atoms with E-state index in [9.17, 15) is 19.8 Å². The van der Waals surface area contributed by atoms with Crippen molar-refractivity contribution in [3.05, 3.63) is 23.3 Å². The lowest BCUT2D eigenvalue weighted by Gasteiger charge is -2.21. The normalized spacial score (nSPS) is 13.3. The predicted molar refractivity (Wildman–Crippen MR) is 83.7 cm³/mol. The molecule has 0 aliphatic carbocycles. The van der Waals surface area contributed by atoms with Crippen LogP contribution < -0.4 is 9.47 Å². The number of aldehydes is 1. The first-order valence-electron chi connectivity index (χ1n) is 6.65. The summed E-state index contributed by atoms with van der Waals surface area (Å²) in [4.78, 5) is 21.9. The molecule has 0 bridgehead atoms. The molecule has 0 amide bonds. The quantitative estimate of drug-likeness (QED) is 0.700. The number of carbonyl (C=O) groups excluding carboxylic acids is 2. The van der Waals surface area contributed by atoms with E-state index in [1.807, 2.05) is 0 Å². The van der Waals surface area contributed by atoms with Gasteiger partial charge in [0.2, 0.25) is 0 Å². The minimum Gasteiger partial charge on any atom is -0.493 e. The lowest BCUT2D eigenvalue weighted by molar-refractivity contribution is -0.109. The molecule has 1 rings (SSSR count). The van der Waals surface area contributed by atoms with Crippen molar-refractivity contribution >= 4 is 23.2 Å². The van der Waals surface area contributed by atoms with Crippen LogP contribution in [0.1, 0.15) is 35.4 Å². The Labute approximate surface area is 133 Å². The summed E-state index contributed by atoms with van der Waals surface area (Å²) < 4.78 is 10.3. The number of benzene rings is 1. The highest BCUT2D eigenvalue weighted by Crippen LogP contribution is 2.37. The average Bonchev–Trinajstić information content (AvgIpc) is 2.51. The van der Waals surface area contributed by atoms with Crippen LogP contribution in [0.3, 0.4) is 0 Å². The monoisotopic (exact) mass is 328 g/mol. The zero-order valence-corrected chi connectivity index (χ0v) is 13.6. The van der Waals surface area contributed by atoms with Gasteiger partial charge in [0.15, 0.2) is 16.6 Å². The summed E-state index contributed by atoms with van der Waals surface area (Å²) in [6.45, 7) is 1.44. The first kappa shape index (κ1) is 18.5. The maximum Gasteiger partial charge on any atom is 0.185 e. The van der Waals surface area contributed by atoms with Gasteiger partial charge in [0.05, 0.1) is 20.3 Å². The molecule has 2 unspecified atom stereocenters. The van der Waals surface area contributed by atoms with Gasteiger partial charge >= 0.3 is 0 Å². The summed E-state index contributed by atoms with van der Waals surface area (Å²) in [7, 11) is 2.83. The van der Waals surface area contributed by atoms with Gasteiger partial charge in [-0.1, -0.05) is 11.8 Å². The van der Waals surface area contributed by atoms with E-state index in [1.54, 1.807) is 0 Å². The van der Waals surface area contributed by atoms with Crippen LogP contribution in [0.15, 0.2) is 12.1 Å². The zero-order chi connectivity index (χ0) is 16.7. The third-order valence-corrected chi connectivity index (χ3v) is 3.91. The van der Waals surface area contributed by atoms with Crippen LogP contribution in [0.5, 0.6) is 11.5 Å². The Bertz CT molecular complexity index is 531. The van der Waals surface area contributed by atoms with Crippen LogP contribution in [0.25, 0.3) is 0 Å². The molecular formula is C15H20O6S. The van der Waals surface area contributed by atoms with E-state index >= 15 is 0 Å². The molecule has 0 heterocycles. The van der Waals surface area contributed by atoms with Crippen molar-refractivity contribution in [1.82, 2.24) is 0 Å². The fourth-order valence-electron chi connectivity index (χ4n) is 1.99. The average molecular weight is 328 g/mol. The number of thioether (sulfide) groups is 1. The van der Waals surface area contributed by atoms with Gasteiger partial charge in [0.1, 0.15) is 12.4 Å². The van der Waals surface area contributed by atoms with Crippen LogP contribution in [0, 0.1) is 0 Å². The van der Waals surface area contributed by atoms with Gasteiger partial charge < -0.3 is 19.7 Å². The molecule has 0 saturated heterocycles. The fourth-order valence-corrected chi connectivity index (χ4v) is 2.64. The van der Waals surface area contributed by atoms with Crippen LogP contribution in [-0.4, -0.2) is 47.7 Å². The summed E-state index contributed by atoms with van der Waals surface area (Å²) in [6.07, 6.45) is -1.50. The summed E-state index contributed by atoms with van der Waals surface area (Å²) in [6, 6.07) is 2.93. The number of rotatable bonds is 8. The Hall–Kier alpha value is -1.57. The van der Waals surface area contributed by atoms with Gasteiger partial charge in [0, 0.05) is 23.8 Å². The Morgan fingerprint density at radius 2 is 2.00 bits per heavy atom. The molecule has 0 aliphatic heterocycles. The molecule has 0 radical (unpaired) electrons. The minimum atomic E-state index is -1.25. The van der Waals surface area contributed by atoms with Gasteiger partial charge in [-0.15, -0.1) is 0 Å². The van der Waals surface area contributed by atoms with Crippen molar-refractivity contribution < 1.29 is 29.3 Å². The summed E-state index contributed by atoms with van der Waals surface area (Å²) in [5, 5.41) is 20.3. The third-order valence-electron chi connectivity index (χ3n) is 3.07. The third kappa shape index (κ3) is 4.72. The summed E-state index contributed by atoms with van der Waals surface area (Å²) in [5.74, 6) is 0.950. The topological polar surface area (TPSA) is 93.1 Å². The van der Waals surface area contributed by atoms with Crippen LogP contribution in [0.2, 0.25) is 0 Å². The molecule has 0 aliphatic rings. The van der Waals surface area contributed by atoms with Gasteiger partial charge in [0.25, 0.3) is 0 Å². The van der Waals surface area contributed by atoms with Gasteiger partial charge in [-0.05, 0) is 18.6 Å². The number of carbonyl (C=O) groups is 2. The number of methoxy groups -OCH3 is 2. The van der Waals surface area contributed by atoms with Crippen LogP contribution >= 0.6 is 11.8 Å². The molecule has 0 fully saturated rings. The standard InChI is InChI=1S/C15H20O6S/c1-9(17)22-5-4-12(18)14(19)11-6-10(8-16)7-13(20-2)15(11)21-3/h6-8,12,14,18-19H,4-5H2,1-3H3. The number of hydrogen-bond donors (Lipinski definition) is 2. The predicted octanol–water partition coefficient (Wildman–Crippen LogP) is 1.58. The second-order valence-corrected chi connectivity index (χ2v) is 5.88. The van der Waals surface area contributed by atoms with Crippen molar-refractivity contribution in [2.75, 3.05) is 20.0 Å². The van der Waals surface area contributed by atoms with Gasteiger partial charge in [-0.3, -0.25) is 9.59 Å². The van der Waals surface area contributed by atoms with E-state index in [2.05, 4.69) is 0 Å². The highest BCUT2D eigenvalue weighted by Gasteiger charge is 2.25. The molecule has 7 heteroatoms. The van der Waals surface area contributed by atoms with E-state index in [4.69, 9.17) is 9.47 Å². The lowest BCUT2D eigenvalue weighted by Crippen LogP contribution is -2.20. The molecule has 1 aromatic carbocycles. The molecule has 1 aromatic rings. The van der Waals surface area contributed by atoms with Crippen LogP contribution in [0.4, 0.5) is 0 Å². The first-order chi connectivity index (χ1) is 10.4. The SMILES string of the molecule is COc1cc(C=O)cc(C(O)C(O)CCSC(C)=O)c1OC. The molecule has 22 heavy (non-hydrogen) atoms. The molecule has 2 atom stereocenters. The van der Waals surface area contributed by atoms with E-state index in [0.29, 0.717) is 23.4 Å². The largest absolute Gasteiger partial charge is 0.493 e. The Kier molecular flexibility index (Phi) is 7.37. The van der Waals surface area contributed by atoms with Crippen molar-refractivity contribution in [2.24, 2.45) is 0 Å². The minimum absolute atomic E-state index is 0.0520. The second-order valence-electron chi connectivity index (χ2n) is 4.60. The van der Waals surface area contributed by atoms with E-state index in [-0.39, 0.29) is 22.8 Å². The molecule has 0 aromatic heterocycles. The molecule has 2 N–H and O–H groups in total. The summed E-state index contributed by atoms with van der Waals surface area (Å²) >= 11 is 1.08. The highest BCUT2D eigenvalue weighted by molar-refractivity contribution is 8.13. The Balaban J connectivity index is 3.01. The van der Waals surface area contributed by atoms with Gasteiger partial charge in [-0.2, -0.15) is 0 Å². The van der Waals surface area contributed by atoms with Crippen molar-refractivity contribution in [3.63, 3.8) is 0 Å². The highest BCUT2D eigenvalue weighted by atomic mass is 32.2. The van der Waals surface area contributed by atoms with E-state index in [1.165, 1.54) is 33.3 Å². The molecular weight excluding hydrogens is 308 g/mol.